The third-order valence-electron chi connectivity index (χ3n) is 5.56. The summed E-state index contributed by atoms with van der Waals surface area (Å²) >= 11 is 0. The number of benzene rings is 2. The van der Waals surface area contributed by atoms with Gasteiger partial charge >= 0.3 is 0 Å². The Morgan fingerprint density at radius 2 is 1.39 bits per heavy atom. The van der Waals surface area contributed by atoms with Gasteiger partial charge in [-0.1, -0.05) is 81.4 Å². The van der Waals surface area contributed by atoms with Crippen LogP contribution in [-0.4, -0.2) is 35.2 Å². The Morgan fingerprint density at radius 3 is 1.71 bits per heavy atom. The lowest BCUT2D eigenvalue weighted by Gasteiger charge is -2.47. The third-order valence-corrected chi connectivity index (χ3v) is 11.2. The first-order valence-electron chi connectivity index (χ1n) is 9.74. The average molecular weight is 419 g/mol. The minimum atomic E-state index is -3.54. The number of hydrogen-bond acceptors (Lipinski definition) is 4. The number of rotatable bonds is 7. The van der Waals surface area contributed by atoms with Gasteiger partial charge in [0.1, 0.15) is 5.60 Å². The molecule has 0 atom stereocenters. The van der Waals surface area contributed by atoms with Crippen LogP contribution in [-0.2, 0) is 18.7 Å². The summed E-state index contributed by atoms with van der Waals surface area (Å²) in [5.41, 5.74) is -0.735. The number of hydrogen-bond donors (Lipinski definition) is 0. The smallest absolute Gasteiger partial charge is 0.265 e. The predicted octanol–water partition coefficient (Wildman–Crippen LogP) is 3.46. The Hall–Kier alpha value is -1.47. The largest absolute Gasteiger partial charge is 0.404 e. The van der Waals surface area contributed by atoms with Gasteiger partial charge in [-0.2, -0.15) is 8.42 Å². The Labute approximate surface area is 170 Å². The lowest BCUT2D eigenvalue weighted by molar-refractivity contribution is -0.0407. The van der Waals surface area contributed by atoms with Gasteiger partial charge in [0.15, 0.2) is 0 Å². The molecule has 0 heterocycles. The third kappa shape index (κ3) is 4.25. The van der Waals surface area contributed by atoms with Crippen LogP contribution in [0.3, 0.4) is 0 Å². The highest BCUT2D eigenvalue weighted by molar-refractivity contribution is 7.86. The average Bonchev–Trinajstić information content (AvgIpc) is 2.59. The predicted molar refractivity (Wildman–Crippen MR) is 116 cm³/mol. The van der Waals surface area contributed by atoms with E-state index in [9.17, 15) is 8.42 Å². The van der Waals surface area contributed by atoms with E-state index in [0.29, 0.717) is 12.8 Å². The van der Waals surface area contributed by atoms with Crippen LogP contribution < -0.4 is 10.4 Å². The van der Waals surface area contributed by atoms with Crippen molar-refractivity contribution in [2.24, 2.45) is 0 Å². The molecule has 0 aliphatic heterocycles. The fraction of sp³-hybridized carbons (Fsp3) is 0.455. The van der Waals surface area contributed by atoms with Crippen molar-refractivity contribution in [3.05, 3.63) is 60.7 Å². The van der Waals surface area contributed by atoms with Crippen LogP contribution in [0.5, 0.6) is 0 Å². The van der Waals surface area contributed by atoms with Crippen molar-refractivity contribution in [2.45, 2.75) is 50.7 Å². The SMILES string of the molecule is CC(C)(C)[Si](OCC1(OS(C)(=O)=O)CCC1)(c1ccccc1)c1ccccc1. The van der Waals surface area contributed by atoms with E-state index in [1.807, 2.05) is 36.4 Å². The molecule has 0 amide bonds. The zero-order chi connectivity index (χ0) is 20.5. The van der Waals surface area contributed by atoms with Crippen LogP contribution in [0.1, 0.15) is 40.0 Å². The van der Waals surface area contributed by atoms with Crippen molar-refractivity contribution in [1.29, 1.82) is 0 Å². The van der Waals surface area contributed by atoms with Gasteiger partial charge in [-0.15, -0.1) is 0 Å². The maximum Gasteiger partial charge on any atom is 0.265 e. The van der Waals surface area contributed by atoms with Crippen LogP contribution >= 0.6 is 0 Å². The molecule has 0 bridgehead atoms. The van der Waals surface area contributed by atoms with E-state index in [1.54, 1.807) is 0 Å². The molecule has 6 heteroatoms. The molecule has 0 saturated heterocycles. The van der Waals surface area contributed by atoms with E-state index in [1.165, 1.54) is 10.4 Å². The van der Waals surface area contributed by atoms with Gasteiger partial charge in [-0.05, 0) is 34.7 Å². The van der Waals surface area contributed by atoms with Crippen LogP contribution in [0.2, 0.25) is 5.04 Å². The highest BCUT2D eigenvalue weighted by Crippen LogP contribution is 2.41. The summed E-state index contributed by atoms with van der Waals surface area (Å²) in [4.78, 5) is 0. The molecule has 1 aliphatic rings. The van der Waals surface area contributed by atoms with Gasteiger partial charge in [0, 0.05) is 0 Å². The van der Waals surface area contributed by atoms with Crippen LogP contribution in [0.25, 0.3) is 0 Å². The molecule has 28 heavy (non-hydrogen) atoms. The molecule has 152 valence electrons. The van der Waals surface area contributed by atoms with Crippen molar-refractivity contribution < 1.29 is 17.0 Å². The van der Waals surface area contributed by atoms with Crippen LogP contribution in [0.15, 0.2) is 60.7 Å². The zero-order valence-electron chi connectivity index (χ0n) is 17.1. The molecule has 2 aromatic carbocycles. The molecule has 0 aromatic heterocycles. The molecular formula is C22H30O4SSi. The second kappa shape index (κ2) is 7.75. The molecule has 1 aliphatic carbocycles. The lowest BCUT2D eigenvalue weighted by Crippen LogP contribution is -2.68. The molecule has 0 radical (unpaired) electrons. The van der Waals surface area contributed by atoms with Crippen molar-refractivity contribution in [2.75, 3.05) is 12.9 Å². The van der Waals surface area contributed by atoms with Gasteiger partial charge in [0.05, 0.1) is 12.9 Å². The first kappa shape index (κ1) is 21.2. The Balaban J connectivity index is 2.06. The monoisotopic (exact) mass is 418 g/mol. The Morgan fingerprint density at radius 1 is 0.929 bits per heavy atom. The van der Waals surface area contributed by atoms with Crippen LogP contribution in [0.4, 0.5) is 0 Å². The highest BCUT2D eigenvalue weighted by Gasteiger charge is 2.52. The Bertz CT molecular complexity index is 846. The summed E-state index contributed by atoms with van der Waals surface area (Å²) < 4.78 is 36.0. The second-order valence-electron chi connectivity index (χ2n) is 8.78. The zero-order valence-corrected chi connectivity index (χ0v) is 19.0. The second-order valence-corrected chi connectivity index (χ2v) is 14.7. The van der Waals surface area contributed by atoms with Gasteiger partial charge in [0.25, 0.3) is 18.4 Å². The standard InChI is InChI=1S/C22H30O4SSi/c1-21(2,3)28(19-12-7-5-8-13-19,20-14-9-6-10-15-20)25-18-22(16-11-17-22)26-27(4,23)24/h5-10,12-15H,11,16-18H2,1-4H3. The van der Waals surface area contributed by atoms with Crippen LogP contribution in [0, 0.1) is 0 Å². The molecule has 1 saturated carbocycles. The quantitative estimate of drug-likeness (QED) is 0.510. The fourth-order valence-electron chi connectivity index (χ4n) is 4.15. The van der Waals surface area contributed by atoms with E-state index in [2.05, 4.69) is 45.0 Å². The van der Waals surface area contributed by atoms with E-state index >= 15 is 0 Å². The molecule has 4 nitrogen and oxygen atoms in total. The summed E-state index contributed by atoms with van der Waals surface area (Å²) in [6.45, 7) is 6.92. The van der Waals surface area contributed by atoms with Crippen molar-refractivity contribution in [3.63, 3.8) is 0 Å². The van der Waals surface area contributed by atoms with Gasteiger partial charge in [-0.25, -0.2) is 0 Å². The minimum Gasteiger partial charge on any atom is -0.404 e. The summed E-state index contributed by atoms with van der Waals surface area (Å²) in [7, 11) is -6.23. The molecule has 0 N–H and O–H groups in total. The van der Waals surface area contributed by atoms with E-state index in [-0.39, 0.29) is 11.6 Å². The summed E-state index contributed by atoms with van der Waals surface area (Å²) in [6.07, 6.45) is 3.49. The van der Waals surface area contributed by atoms with E-state index in [0.717, 1.165) is 12.7 Å². The molecule has 2 aromatic rings. The highest BCUT2D eigenvalue weighted by atomic mass is 32.2. The molecule has 3 rings (SSSR count). The fourth-order valence-corrected chi connectivity index (χ4v) is 9.64. The van der Waals surface area contributed by atoms with Gasteiger partial charge < -0.3 is 4.43 Å². The Kier molecular flexibility index (Phi) is 5.88. The molecule has 1 fully saturated rings. The van der Waals surface area contributed by atoms with Crippen molar-refractivity contribution >= 4 is 28.8 Å². The minimum absolute atomic E-state index is 0.147. The van der Waals surface area contributed by atoms with E-state index in [4.69, 9.17) is 8.61 Å². The molecular weight excluding hydrogens is 388 g/mol. The maximum absolute atomic E-state index is 11.8. The maximum atomic E-state index is 11.8. The lowest BCUT2D eigenvalue weighted by atomic mass is 9.81. The molecule has 0 spiro atoms. The van der Waals surface area contributed by atoms with Crippen molar-refractivity contribution in [3.8, 4) is 0 Å². The van der Waals surface area contributed by atoms with Crippen molar-refractivity contribution in [1.82, 2.24) is 0 Å². The normalized spacial score (nSPS) is 17.1. The van der Waals surface area contributed by atoms with Gasteiger partial charge in [-0.3, -0.25) is 4.18 Å². The molecule has 0 unspecified atom stereocenters. The summed E-state index contributed by atoms with van der Waals surface area (Å²) in [6, 6.07) is 20.7. The first-order chi connectivity index (χ1) is 13.1. The topological polar surface area (TPSA) is 52.6 Å². The van der Waals surface area contributed by atoms with E-state index < -0.39 is 24.0 Å². The summed E-state index contributed by atoms with van der Waals surface area (Å²) in [5, 5.41) is 2.22. The van der Waals surface area contributed by atoms with Gasteiger partial charge in [0.2, 0.25) is 0 Å². The first-order valence-corrected chi connectivity index (χ1v) is 13.5. The summed E-state index contributed by atoms with van der Waals surface area (Å²) in [5.74, 6) is 0.